The monoisotopic (exact) mass is 621 g/mol. The largest absolute Gasteiger partial charge is 0.507 e. The molecule has 2 N–H and O–H groups in total. The number of fused-ring (bicyclic) bond motifs is 3. The van der Waals surface area contributed by atoms with Gasteiger partial charge in [0.25, 0.3) is 0 Å². The molecule has 9 atom stereocenters. The number of phenols is 1. The molecule has 2 fully saturated rings. The molecule has 0 amide bonds. The molecule has 2 aromatic rings. The van der Waals surface area contributed by atoms with Crippen LogP contribution in [-0.2, 0) is 19.4 Å². The summed E-state index contributed by atoms with van der Waals surface area (Å²) in [5, 5.41) is 15.9. The Labute approximate surface area is 272 Å². The van der Waals surface area contributed by atoms with E-state index in [0.29, 0.717) is 40.7 Å². The average molecular weight is 622 g/mol. The highest BCUT2D eigenvalue weighted by Crippen LogP contribution is 2.70. The third-order valence-electron chi connectivity index (χ3n) is 12.3. The van der Waals surface area contributed by atoms with Crippen molar-refractivity contribution in [3.63, 3.8) is 0 Å². The number of hydrogen-bond acceptors (Lipinski definition) is 4. The van der Waals surface area contributed by atoms with Crippen molar-refractivity contribution in [1.29, 1.82) is 0 Å². The Hall–Kier alpha value is -2.06. The second-order valence-corrected chi connectivity index (χ2v) is 17.9. The third-order valence-corrected chi connectivity index (χ3v) is 15.4. The molecule has 44 heavy (non-hydrogen) atoms. The molecule has 2 spiro atoms. The van der Waals surface area contributed by atoms with Crippen molar-refractivity contribution in [3.05, 3.63) is 88.5 Å². The first-order valence-corrected chi connectivity index (χ1v) is 19.6. The Morgan fingerprint density at radius 2 is 1.86 bits per heavy atom. The van der Waals surface area contributed by atoms with Crippen LogP contribution >= 0.6 is 21.6 Å². The van der Waals surface area contributed by atoms with E-state index in [1.165, 1.54) is 60.8 Å². The minimum Gasteiger partial charge on any atom is -0.507 e. The molecule has 7 bridgehead atoms. The zero-order chi connectivity index (χ0) is 29.9. The van der Waals surface area contributed by atoms with E-state index in [1.54, 1.807) is 0 Å². The maximum absolute atomic E-state index is 11.5. The van der Waals surface area contributed by atoms with Gasteiger partial charge in [-0.05, 0) is 122 Å². The van der Waals surface area contributed by atoms with Gasteiger partial charge < -0.3 is 10.4 Å². The van der Waals surface area contributed by atoms with Crippen LogP contribution in [0.5, 0.6) is 5.75 Å². The van der Waals surface area contributed by atoms with Crippen LogP contribution in [0.25, 0.3) is 0 Å². The van der Waals surface area contributed by atoms with Crippen LogP contribution in [0.3, 0.4) is 0 Å². The quantitative estimate of drug-likeness (QED) is 0.175. The van der Waals surface area contributed by atoms with Crippen LogP contribution in [0, 0.1) is 52.3 Å². The van der Waals surface area contributed by atoms with Gasteiger partial charge in [-0.15, -0.1) is 0 Å². The SMILES string of the molecule is C[C@H]1CC=C[C@]2(C1)C[C@H]1CC#Cc3c(O)cc4cc3C[C@H]3C[C@@H]5C[C@@]2(C=C[C@@H]5SSC[C@H](C)NCc2ccccc2C4)[C@@H]3C1. The standard InChI is InChI=1S/C40H47NOS2/c1-26-7-6-13-39(21-26)22-28-8-5-11-35-32-16-29(18-37(35)42)15-30-9-3-4-10-31(30)24-41-27(2)25-43-44-38-12-14-40(39)23-34(38)20-33(19-32)36(40)17-28/h3-4,6,9-10,12-14,16,18,26-28,33-34,36,38,41-42H,7-8,15,17,19-25H2,1-2H3/t26-,27-,28-,33-,34+,36+,38-,39-,40-/m0/s1. The van der Waals surface area contributed by atoms with Crippen LogP contribution in [0.4, 0.5) is 0 Å². The second kappa shape index (κ2) is 11.6. The molecular formula is C40H47NOS2. The maximum atomic E-state index is 11.5. The lowest BCUT2D eigenvalue weighted by molar-refractivity contribution is -0.107. The van der Waals surface area contributed by atoms with Crippen molar-refractivity contribution in [1.82, 2.24) is 5.32 Å². The highest BCUT2D eigenvalue weighted by atomic mass is 33.1. The molecule has 0 saturated heterocycles. The Bertz CT molecular complexity index is 1550. The van der Waals surface area contributed by atoms with Crippen LogP contribution in [0.1, 0.15) is 86.6 Å². The fourth-order valence-electron chi connectivity index (χ4n) is 10.5. The smallest absolute Gasteiger partial charge is 0.131 e. The molecule has 1 aliphatic heterocycles. The van der Waals surface area contributed by atoms with E-state index in [-0.39, 0.29) is 10.8 Å². The Morgan fingerprint density at radius 1 is 0.977 bits per heavy atom. The predicted molar refractivity (Wildman–Crippen MR) is 187 cm³/mol. The van der Waals surface area contributed by atoms with E-state index in [4.69, 9.17) is 0 Å². The fourth-order valence-corrected chi connectivity index (χ4v) is 13.5. The summed E-state index contributed by atoms with van der Waals surface area (Å²) in [6.45, 7) is 5.70. The lowest BCUT2D eigenvalue weighted by atomic mass is 9.39. The minimum absolute atomic E-state index is 0.243. The first kappa shape index (κ1) is 29.3. The van der Waals surface area contributed by atoms with Crippen LogP contribution < -0.4 is 5.32 Å². The molecule has 0 radical (unpaired) electrons. The molecule has 2 saturated carbocycles. The van der Waals surface area contributed by atoms with Gasteiger partial charge in [0.05, 0.1) is 5.56 Å². The Morgan fingerprint density at radius 3 is 2.75 bits per heavy atom. The summed E-state index contributed by atoms with van der Waals surface area (Å²) in [6, 6.07) is 13.7. The lowest BCUT2D eigenvalue weighted by Crippen LogP contribution is -2.59. The van der Waals surface area contributed by atoms with Gasteiger partial charge in [0.1, 0.15) is 5.75 Å². The number of rotatable bonds is 0. The van der Waals surface area contributed by atoms with Crippen molar-refractivity contribution in [3.8, 4) is 17.6 Å². The van der Waals surface area contributed by atoms with Crippen molar-refractivity contribution in [2.45, 2.75) is 89.5 Å². The van der Waals surface area contributed by atoms with E-state index in [9.17, 15) is 5.11 Å². The van der Waals surface area contributed by atoms with E-state index >= 15 is 0 Å². The number of nitrogens with one attached hydrogen (secondary N) is 1. The number of phenolic OH excluding ortho intramolecular Hbond substituents is 1. The van der Waals surface area contributed by atoms with E-state index in [0.717, 1.165) is 43.0 Å². The summed E-state index contributed by atoms with van der Waals surface area (Å²) in [4.78, 5) is 0. The number of aromatic hydroxyl groups is 1. The molecule has 2 aromatic carbocycles. The lowest BCUT2D eigenvalue weighted by Gasteiger charge is -2.66. The van der Waals surface area contributed by atoms with Gasteiger partial charge in [0, 0.05) is 35.4 Å². The summed E-state index contributed by atoms with van der Waals surface area (Å²) >= 11 is 0. The van der Waals surface area contributed by atoms with Crippen molar-refractivity contribution >= 4 is 21.6 Å². The molecule has 5 aliphatic carbocycles. The Balaban J connectivity index is 1.28. The molecule has 8 rings (SSSR count). The number of hydrogen-bond donors (Lipinski definition) is 2. The average Bonchev–Trinajstić information content (AvgIpc) is 3.00. The van der Waals surface area contributed by atoms with E-state index in [1.807, 2.05) is 6.07 Å². The fraction of sp³-hybridized carbons (Fsp3) is 0.550. The highest BCUT2D eigenvalue weighted by molar-refractivity contribution is 8.77. The van der Waals surface area contributed by atoms with Crippen molar-refractivity contribution in [2.75, 3.05) is 5.75 Å². The van der Waals surface area contributed by atoms with Gasteiger partial charge in [-0.1, -0.05) is 95.0 Å². The number of benzene rings is 2. The third kappa shape index (κ3) is 5.10. The van der Waals surface area contributed by atoms with Gasteiger partial charge in [-0.2, -0.15) is 0 Å². The molecule has 4 heteroatoms. The molecule has 230 valence electrons. The molecule has 0 aromatic heterocycles. The normalized spacial score (nSPS) is 39.1. The van der Waals surface area contributed by atoms with E-state index in [2.05, 4.69) is 107 Å². The summed E-state index contributed by atoms with van der Waals surface area (Å²) in [5.41, 5.74) is 6.59. The first-order chi connectivity index (χ1) is 21.4. The summed E-state index contributed by atoms with van der Waals surface area (Å²) < 4.78 is 0. The van der Waals surface area contributed by atoms with Crippen LogP contribution in [0.2, 0.25) is 0 Å². The molecule has 2 nitrogen and oxygen atoms in total. The Kier molecular flexibility index (Phi) is 7.76. The predicted octanol–water partition coefficient (Wildman–Crippen LogP) is 9.10. The van der Waals surface area contributed by atoms with E-state index < -0.39 is 0 Å². The second-order valence-electron chi connectivity index (χ2n) is 15.3. The highest BCUT2D eigenvalue weighted by Gasteiger charge is 2.63. The minimum atomic E-state index is 0.243. The van der Waals surface area contributed by atoms with Gasteiger partial charge in [-0.3, -0.25) is 0 Å². The molecule has 6 aliphatic rings. The summed E-state index contributed by atoms with van der Waals surface area (Å²) in [7, 11) is 4.22. The zero-order valence-corrected chi connectivity index (χ0v) is 28.0. The molecule has 0 unspecified atom stereocenters. The van der Waals surface area contributed by atoms with Crippen LogP contribution in [0.15, 0.2) is 60.7 Å². The van der Waals surface area contributed by atoms with Gasteiger partial charge in [-0.25, -0.2) is 0 Å². The van der Waals surface area contributed by atoms with Gasteiger partial charge in [0.15, 0.2) is 0 Å². The van der Waals surface area contributed by atoms with Gasteiger partial charge >= 0.3 is 0 Å². The zero-order valence-electron chi connectivity index (χ0n) is 26.4. The van der Waals surface area contributed by atoms with Crippen molar-refractivity contribution in [2.24, 2.45) is 40.4 Å². The summed E-state index contributed by atoms with van der Waals surface area (Å²) in [6.07, 6.45) is 21.3. The molecule has 1 heterocycles. The van der Waals surface area contributed by atoms with Crippen LogP contribution in [-0.4, -0.2) is 22.2 Å². The maximum Gasteiger partial charge on any atom is 0.131 e. The summed E-state index contributed by atoms with van der Waals surface area (Å²) in [5.74, 6) is 12.0. The van der Waals surface area contributed by atoms with Crippen molar-refractivity contribution < 1.29 is 5.11 Å². The molecular weight excluding hydrogens is 575 g/mol. The van der Waals surface area contributed by atoms with Gasteiger partial charge in [0.2, 0.25) is 0 Å². The number of allylic oxidation sites excluding steroid dienone is 3. The topological polar surface area (TPSA) is 32.3 Å². The first-order valence-electron chi connectivity index (χ1n) is 17.2.